The fourth-order valence-corrected chi connectivity index (χ4v) is 5.00. The van der Waals surface area contributed by atoms with Crippen LogP contribution in [-0.2, 0) is 22.3 Å². The lowest BCUT2D eigenvalue weighted by Crippen LogP contribution is -2.47. The normalized spacial score (nSPS) is 18.3. The Morgan fingerprint density at radius 2 is 1.65 bits per heavy atom. The molecule has 1 aromatic heterocycles. The van der Waals surface area contributed by atoms with Crippen molar-refractivity contribution in [2.24, 2.45) is 5.92 Å². The Hall–Kier alpha value is -1.96. The first-order chi connectivity index (χ1) is 18.1. The van der Waals surface area contributed by atoms with Crippen LogP contribution in [0.1, 0.15) is 65.6 Å². The van der Waals surface area contributed by atoms with E-state index >= 15 is 0 Å². The molecule has 1 fully saturated rings. The number of aromatic nitrogens is 2. The minimum absolute atomic E-state index is 0.122. The predicted octanol–water partition coefficient (Wildman–Crippen LogP) is 5.22. The second kappa shape index (κ2) is 19.2. The highest BCUT2D eigenvalue weighted by atomic mass is 16.5. The van der Waals surface area contributed by atoms with Crippen LogP contribution in [-0.4, -0.2) is 92.4 Å². The molecule has 3 heterocycles. The first-order valence-electron chi connectivity index (χ1n) is 14.4. The smallest absolute Gasteiger partial charge is 0.135 e. The van der Waals surface area contributed by atoms with Crippen molar-refractivity contribution in [1.82, 2.24) is 19.8 Å². The lowest BCUT2D eigenvalue weighted by molar-refractivity contribution is 0.0388. The van der Waals surface area contributed by atoms with Crippen molar-refractivity contribution < 1.29 is 9.47 Å². The quantitative estimate of drug-likeness (QED) is 0.312. The molecule has 7 nitrogen and oxygen atoms in total. The molecule has 37 heavy (non-hydrogen) atoms. The van der Waals surface area contributed by atoms with Crippen molar-refractivity contribution in [2.45, 2.75) is 73.3 Å². The number of ether oxygens (including phenoxy) is 2. The van der Waals surface area contributed by atoms with Gasteiger partial charge in [0, 0.05) is 70.8 Å². The lowest BCUT2D eigenvalue weighted by Gasteiger charge is -2.36. The molecule has 0 saturated carbocycles. The zero-order chi connectivity index (χ0) is 27.6. The predicted molar refractivity (Wildman–Crippen MR) is 157 cm³/mol. The summed E-state index contributed by atoms with van der Waals surface area (Å²) >= 11 is 0. The van der Waals surface area contributed by atoms with Crippen LogP contribution in [0.3, 0.4) is 0 Å². The highest BCUT2D eigenvalue weighted by Crippen LogP contribution is 2.26. The molecule has 0 spiro atoms. The van der Waals surface area contributed by atoms with Crippen LogP contribution in [0.4, 0.5) is 5.82 Å². The number of fused-ring (bicyclic) bond motifs is 1. The summed E-state index contributed by atoms with van der Waals surface area (Å²) in [5.41, 5.74) is 2.54. The van der Waals surface area contributed by atoms with E-state index in [1.54, 1.807) is 20.5 Å². The summed E-state index contributed by atoms with van der Waals surface area (Å²) in [7, 11) is 3.44. The topological polar surface area (TPSA) is 54.0 Å². The Labute approximate surface area is 227 Å². The van der Waals surface area contributed by atoms with Crippen molar-refractivity contribution in [2.75, 3.05) is 71.5 Å². The number of anilines is 1. The van der Waals surface area contributed by atoms with Gasteiger partial charge in [-0.15, -0.1) is 6.58 Å². The van der Waals surface area contributed by atoms with Gasteiger partial charge in [0.1, 0.15) is 24.0 Å². The molecule has 2 aliphatic heterocycles. The Morgan fingerprint density at radius 1 is 1.00 bits per heavy atom. The molecular weight excluding hydrogens is 462 g/mol. The van der Waals surface area contributed by atoms with Gasteiger partial charge in [0.2, 0.25) is 0 Å². The fraction of sp³-hybridized carbons (Fsp3) is 0.733. The van der Waals surface area contributed by atoms with Gasteiger partial charge in [-0.05, 0) is 32.4 Å². The molecule has 0 amide bonds. The van der Waals surface area contributed by atoms with Gasteiger partial charge in [-0.1, -0.05) is 47.1 Å². The molecule has 0 aromatic carbocycles. The van der Waals surface area contributed by atoms with E-state index in [-0.39, 0.29) is 12.0 Å². The van der Waals surface area contributed by atoms with E-state index < -0.39 is 0 Å². The highest BCUT2D eigenvalue weighted by Gasteiger charge is 2.28. The molecule has 2 aliphatic rings. The van der Waals surface area contributed by atoms with Gasteiger partial charge >= 0.3 is 0 Å². The summed E-state index contributed by atoms with van der Waals surface area (Å²) in [6.45, 7) is 24.9. The van der Waals surface area contributed by atoms with Crippen LogP contribution >= 0.6 is 0 Å². The molecule has 0 bridgehead atoms. The number of nitrogens with zero attached hydrogens (tertiary/aromatic N) is 5. The Morgan fingerprint density at radius 3 is 2.19 bits per heavy atom. The maximum atomic E-state index is 5.78. The number of methoxy groups -OCH3 is 2. The third-order valence-electron chi connectivity index (χ3n) is 6.78. The second-order valence-corrected chi connectivity index (χ2v) is 9.41. The first kappa shape index (κ1) is 33.1. The van der Waals surface area contributed by atoms with Crippen molar-refractivity contribution in [3.8, 4) is 0 Å². The van der Waals surface area contributed by atoms with Crippen molar-refractivity contribution in [3.63, 3.8) is 0 Å². The van der Waals surface area contributed by atoms with E-state index in [0.717, 1.165) is 70.2 Å². The monoisotopic (exact) mass is 517 g/mol. The molecule has 1 aromatic rings. The van der Waals surface area contributed by atoms with Gasteiger partial charge in [-0.3, -0.25) is 4.90 Å². The van der Waals surface area contributed by atoms with Crippen LogP contribution in [0, 0.1) is 5.92 Å². The van der Waals surface area contributed by atoms with Gasteiger partial charge in [0.05, 0.1) is 12.8 Å². The molecule has 0 aliphatic carbocycles. The van der Waals surface area contributed by atoms with Gasteiger partial charge in [-0.2, -0.15) is 0 Å². The van der Waals surface area contributed by atoms with E-state index in [9.17, 15) is 0 Å². The second-order valence-electron chi connectivity index (χ2n) is 9.41. The number of rotatable bonds is 10. The molecule has 0 N–H and O–H groups in total. The van der Waals surface area contributed by atoms with Crippen LogP contribution in [0.2, 0.25) is 0 Å². The minimum Gasteiger partial charge on any atom is -0.499 e. The Kier molecular flexibility index (Phi) is 17.1. The molecule has 7 heteroatoms. The van der Waals surface area contributed by atoms with Gasteiger partial charge < -0.3 is 19.3 Å². The lowest BCUT2D eigenvalue weighted by atomic mass is 9.99. The molecule has 3 rings (SSSR count). The maximum Gasteiger partial charge on any atom is 0.135 e. The molecule has 212 valence electrons. The Balaban J connectivity index is 0.00000127. The Bertz CT molecular complexity index is 777. The largest absolute Gasteiger partial charge is 0.499 e. The van der Waals surface area contributed by atoms with E-state index in [0.29, 0.717) is 0 Å². The molecule has 2 atom stereocenters. The van der Waals surface area contributed by atoms with Crippen LogP contribution in [0.15, 0.2) is 30.8 Å². The summed E-state index contributed by atoms with van der Waals surface area (Å²) < 4.78 is 11.3. The summed E-state index contributed by atoms with van der Waals surface area (Å²) in [5.74, 6) is 2.16. The number of piperazine rings is 1. The molecule has 2 unspecified atom stereocenters. The van der Waals surface area contributed by atoms with Gasteiger partial charge in [-0.25, -0.2) is 9.97 Å². The average molecular weight is 518 g/mol. The third kappa shape index (κ3) is 10.0. The zero-order valence-electron chi connectivity index (χ0n) is 25.1. The maximum absolute atomic E-state index is 5.78. The van der Waals surface area contributed by atoms with Gasteiger partial charge in [0.15, 0.2) is 0 Å². The van der Waals surface area contributed by atoms with Gasteiger partial charge in [0.25, 0.3) is 0 Å². The number of hydrogen-bond acceptors (Lipinski definition) is 7. The summed E-state index contributed by atoms with van der Waals surface area (Å²) in [6.07, 6.45) is 10.00. The summed E-state index contributed by atoms with van der Waals surface area (Å²) in [5, 5.41) is 0. The first-order valence-corrected chi connectivity index (χ1v) is 14.4. The third-order valence-corrected chi connectivity index (χ3v) is 6.78. The summed E-state index contributed by atoms with van der Waals surface area (Å²) in [6, 6.07) is 0. The van der Waals surface area contributed by atoms with Crippen molar-refractivity contribution in [3.05, 3.63) is 42.1 Å². The number of hydrogen-bond donors (Lipinski definition) is 0. The summed E-state index contributed by atoms with van der Waals surface area (Å²) in [4.78, 5) is 16.9. The standard InChI is InChI=1S/C25H41N5O2.C3H8.C2H6/c1-6-11-28-14-16-30(17-15-28)25-21-9-12-29(13-10-22(21)26-19-27-25)18-20(7-2)24(32-5)23(8-3)31-4;1-3-2;1-2/h7-8,19-20,24H,2,6,9-18H2,1,3-5H3;3H2,1-2H3;1-2H3/b23-8+;;. The van der Waals surface area contributed by atoms with Crippen molar-refractivity contribution in [1.29, 1.82) is 0 Å². The molecule has 1 saturated heterocycles. The highest BCUT2D eigenvalue weighted by molar-refractivity contribution is 5.49. The van der Waals surface area contributed by atoms with E-state index in [4.69, 9.17) is 14.5 Å². The SMILES string of the molecule is C=CC(CN1CCc2ncnc(N3CCN(CCC)CC3)c2CC1)C(OC)/C(=C\C)OC.CC.CCC. The number of allylic oxidation sites excluding steroid dienone is 1. The van der Waals surface area contributed by atoms with Crippen LogP contribution in [0.25, 0.3) is 0 Å². The minimum atomic E-state index is -0.122. The van der Waals surface area contributed by atoms with E-state index in [1.807, 2.05) is 32.9 Å². The van der Waals surface area contributed by atoms with Crippen LogP contribution in [0.5, 0.6) is 0 Å². The fourth-order valence-electron chi connectivity index (χ4n) is 5.00. The average Bonchev–Trinajstić information content (AvgIpc) is 3.15. The van der Waals surface area contributed by atoms with Crippen LogP contribution < -0.4 is 4.90 Å². The molecule has 0 radical (unpaired) electrons. The van der Waals surface area contributed by atoms with E-state index in [1.165, 1.54) is 30.6 Å². The molecular formula is C30H55N5O2. The van der Waals surface area contributed by atoms with E-state index in [2.05, 4.69) is 47.0 Å². The van der Waals surface area contributed by atoms with Crippen molar-refractivity contribution >= 4 is 5.82 Å². The zero-order valence-corrected chi connectivity index (χ0v) is 25.1.